The number of hydrogen-bond donors (Lipinski definition) is 0. The third-order valence-corrected chi connectivity index (χ3v) is 7.82. The Kier molecular flexibility index (Phi) is 8.94. The molecule has 0 N–H and O–H groups in total. The van der Waals surface area contributed by atoms with Crippen molar-refractivity contribution < 1.29 is 18.7 Å². The lowest BCUT2D eigenvalue weighted by atomic mass is 9.93. The van der Waals surface area contributed by atoms with Gasteiger partial charge in [0.15, 0.2) is 10.7 Å². The van der Waals surface area contributed by atoms with Crippen LogP contribution in [-0.2, 0) is 9.53 Å². The van der Waals surface area contributed by atoms with Crippen molar-refractivity contribution in [2.24, 2.45) is 4.99 Å². The Morgan fingerprint density at radius 2 is 1.97 bits per heavy atom. The summed E-state index contributed by atoms with van der Waals surface area (Å²) in [6.07, 6.45) is 3.08. The van der Waals surface area contributed by atoms with Crippen LogP contribution in [0.1, 0.15) is 57.9 Å². The van der Waals surface area contributed by atoms with Crippen LogP contribution >= 0.6 is 27.3 Å². The topological polar surface area (TPSA) is 86.3 Å². The van der Waals surface area contributed by atoms with E-state index in [1.807, 2.05) is 37.3 Å². The number of rotatable bonds is 10. The van der Waals surface area contributed by atoms with Gasteiger partial charge in [-0.2, -0.15) is 0 Å². The van der Waals surface area contributed by atoms with E-state index in [1.165, 1.54) is 11.3 Å². The molecule has 3 aromatic rings. The molecule has 0 saturated heterocycles. The normalized spacial score (nSPS) is 15.3. The lowest BCUT2D eigenvalue weighted by Crippen LogP contribution is -2.40. The molecule has 202 valence electrons. The van der Waals surface area contributed by atoms with Gasteiger partial charge in [0.05, 0.1) is 29.5 Å². The van der Waals surface area contributed by atoms with Crippen LogP contribution in [-0.4, -0.2) is 37.3 Å². The summed E-state index contributed by atoms with van der Waals surface area (Å²) in [7, 11) is 1.57. The monoisotopic (exact) mass is 601 g/mol. The van der Waals surface area contributed by atoms with Gasteiger partial charge in [0.1, 0.15) is 17.6 Å². The number of nitrogens with zero attached hydrogens (tertiary/aromatic N) is 3. The molecule has 10 heteroatoms. The molecule has 0 saturated carbocycles. The van der Waals surface area contributed by atoms with E-state index in [2.05, 4.69) is 34.7 Å². The molecule has 1 aliphatic rings. The number of ether oxygens (including phenoxy) is 2. The average molecular weight is 603 g/mol. The van der Waals surface area contributed by atoms with Gasteiger partial charge in [-0.1, -0.05) is 40.6 Å². The van der Waals surface area contributed by atoms with Gasteiger partial charge in [0.25, 0.3) is 5.56 Å². The molecule has 1 atom stereocenters. The molecule has 0 bridgehead atoms. The van der Waals surface area contributed by atoms with Gasteiger partial charge < -0.3 is 18.8 Å². The van der Waals surface area contributed by atoms with Gasteiger partial charge in [-0.15, -0.1) is 0 Å². The molecule has 1 aromatic carbocycles. The number of methoxy groups -OCH3 is 1. The minimum atomic E-state index is -0.760. The maximum atomic E-state index is 13.9. The summed E-state index contributed by atoms with van der Waals surface area (Å²) in [4.78, 5) is 34.7. The molecule has 0 unspecified atom stereocenters. The van der Waals surface area contributed by atoms with E-state index in [9.17, 15) is 9.59 Å². The molecule has 4 rings (SSSR count). The maximum absolute atomic E-state index is 13.9. The molecule has 0 fully saturated rings. The highest BCUT2D eigenvalue weighted by atomic mass is 79.9. The Balaban J connectivity index is 1.98. The fourth-order valence-corrected chi connectivity index (χ4v) is 5.97. The first-order valence-electron chi connectivity index (χ1n) is 12.8. The number of hydrogen-bond acceptors (Lipinski definition) is 8. The summed E-state index contributed by atoms with van der Waals surface area (Å²) < 4.78 is 20.0. The molecule has 1 aliphatic heterocycles. The van der Waals surface area contributed by atoms with Crippen molar-refractivity contribution in [3.05, 3.63) is 77.1 Å². The number of furan rings is 1. The first kappa shape index (κ1) is 27.9. The first-order chi connectivity index (χ1) is 18.4. The predicted octanol–water partition coefficient (Wildman–Crippen LogP) is 4.79. The van der Waals surface area contributed by atoms with Crippen molar-refractivity contribution >= 4 is 45.2 Å². The third-order valence-electron chi connectivity index (χ3n) is 6.34. The molecule has 0 radical (unpaired) electrons. The number of halogens is 1. The molecule has 38 heavy (non-hydrogen) atoms. The lowest BCUT2D eigenvalue weighted by molar-refractivity contribution is -0.139. The van der Waals surface area contributed by atoms with E-state index < -0.39 is 12.0 Å². The van der Waals surface area contributed by atoms with E-state index in [1.54, 1.807) is 24.7 Å². The van der Waals surface area contributed by atoms with E-state index in [-0.39, 0.29) is 12.2 Å². The van der Waals surface area contributed by atoms with Gasteiger partial charge in [-0.3, -0.25) is 9.36 Å². The zero-order chi connectivity index (χ0) is 27.4. The third kappa shape index (κ3) is 5.37. The summed E-state index contributed by atoms with van der Waals surface area (Å²) >= 11 is 4.82. The summed E-state index contributed by atoms with van der Waals surface area (Å²) in [6, 6.07) is 8.55. The van der Waals surface area contributed by atoms with Gasteiger partial charge in [-0.25, -0.2) is 9.79 Å². The van der Waals surface area contributed by atoms with Gasteiger partial charge in [0, 0.05) is 35.3 Å². The Labute approximate surface area is 234 Å². The number of thiazole rings is 1. The summed E-state index contributed by atoms with van der Waals surface area (Å²) in [6.45, 7) is 9.76. The second-order valence-electron chi connectivity index (χ2n) is 8.65. The lowest BCUT2D eigenvalue weighted by Gasteiger charge is -2.27. The zero-order valence-electron chi connectivity index (χ0n) is 22.2. The quantitative estimate of drug-likeness (QED) is 0.311. The molecule has 0 spiro atoms. The fourth-order valence-electron chi connectivity index (χ4n) is 4.59. The van der Waals surface area contributed by atoms with Crippen LogP contribution in [0.2, 0.25) is 0 Å². The minimum Gasteiger partial charge on any atom is -0.496 e. The summed E-state index contributed by atoms with van der Waals surface area (Å²) in [5, 5.41) is 0. The maximum Gasteiger partial charge on any atom is 0.338 e. The number of fused-ring (bicyclic) bond motifs is 1. The van der Waals surface area contributed by atoms with Crippen molar-refractivity contribution in [1.82, 2.24) is 4.57 Å². The zero-order valence-corrected chi connectivity index (χ0v) is 24.6. The van der Waals surface area contributed by atoms with Crippen molar-refractivity contribution in [2.45, 2.75) is 46.6 Å². The van der Waals surface area contributed by atoms with Crippen LogP contribution in [0, 0.1) is 0 Å². The van der Waals surface area contributed by atoms with Gasteiger partial charge in [-0.05, 0) is 51.5 Å². The highest BCUT2D eigenvalue weighted by molar-refractivity contribution is 9.10. The number of allylic oxidation sites excluding steroid dienone is 1. The van der Waals surface area contributed by atoms with E-state index >= 15 is 0 Å². The standard InChI is InChI=1S/C28H32BrN3O5S/c1-6-10-20-24(27(34)36-9-4)25(19-15-17(29)11-13-21(19)35-5)32-26(33)22(38-28(32)30-20)16-18-12-14-23(37-18)31(7-2)8-3/h11-16,25H,6-10H2,1-5H3/b22-16+/t25-/m0/s1. The minimum absolute atomic E-state index is 0.210. The molecule has 0 aliphatic carbocycles. The van der Waals surface area contributed by atoms with Gasteiger partial charge in [0.2, 0.25) is 0 Å². The average Bonchev–Trinajstić information content (AvgIpc) is 3.48. The van der Waals surface area contributed by atoms with E-state index in [0.29, 0.717) is 44.1 Å². The Bertz CT molecular complexity index is 1530. The predicted molar refractivity (Wildman–Crippen MR) is 153 cm³/mol. The Morgan fingerprint density at radius 1 is 1.21 bits per heavy atom. The largest absolute Gasteiger partial charge is 0.496 e. The molecule has 8 nitrogen and oxygen atoms in total. The van der Waals surface area contributed by atoms with Crippen LogP contribution < -0.4 is 24.5 Å². The number of anilines is 1. The Hall–Kier alpha value is -3.11. The highest BCUT2D eigenvalue weighted by Gasteiger charge is 2.36. The second kappa shape index (κ2) is 12.2. The molecule has 3 heterocycles. The summed E-state index contributed by atoms with van der Waals surface area (Å²) in [5.74, 6) is 1.39. The summed E-state index contributed by atoms with van der Waals surface area (Å²) in [5.41, 5.74) is 1.38. The van der Waals surface area contributed by atoms with Crippen molar-refractivity contribution in [3.63, 3.8) is 0 Å². The van der Waals surface area contributed by atoms with Crippen molar-refractivity contribution in [1.29, 1.82) is 0 Å². The van der Waals surface area contributed by atoms with Gasteiger partial charge >= 0.3 is 5.97 Å². The number of carbonyl (C=O) groups excluding carboxylic acids is 1. The number of aromatic nitrogens is 1. The number of benzene rings is 1. The van der Waals surface area contributed by atoms with E-state index in [4.69, 9.17) is 18.9 Å². The number of carbonyl (C=O) groups is 1. The SMILES string of the molecule is CCCC1=C(C(=O)OCC)[C@H](c2cc(Br)ccc2OC)n2c(s/c(=C/c3ccc(N(CC)CC)o3)c2=O)=N1. The van der Waals surface area contributed by atoms with Crippen LogP contribution in [0.3, 0.4) is 0 Å². The van der Waals surface area contributed by atoms with Crippen LogP contribution in [0.15, 0.2) is 60.3 Å². The van der Waals surface area contributed by atoms with Crippen LogP contribution in [0.5, 0.6) is 5.75 Å². The molecular formula is C28H32BrN3O5S. The Morgan fingerprint density at radius 3 is 2.63 bits per heavy atom. The molecule has 2 aromatic heterocycles. The molecule has 0 amide bonds. The number of esters is 1. The first-order valence-corrected chi connectivity index (χ1v) is 14.4. The highest BCUT2D eigenvalue weighted by Crippen LogP contribution is 2.38. The van der Waals surface area contributed by atoms with Crippen LogP contribution in [0.25, 0.3) is 6.08 Å². The fraction of sp³-hybridized carbons (Fsp3) is 0.393. The van der Waals surface area contributed by atoms with E-state index in [0.717, 1.165) is 29.9 Å². The smallest absolute Gasteiger partial charge is 0.338 e. The van der Waals surface area contributed by atoms with Crippen molar-refractivity contribution in [2.75, 3.05) is 31.7 Å². The van der Waals surface area contributed by atoms with Crippen molar-refractivity contribution in [3.8, 4) is 5.75 Å². The second-order valence-corrected chi connectivity index (χ2v) is 10.6. The molecular weight excluding hydrogens is 570 g/mol. The van der Waals surface area contributed by atoms with Crippen LogP contribution in [0.4, 0.5) is 5.88 Å².